The molecule has 0 bridgehead atoms. The van der Waals surface area contributed by atoms with E-state index in [1.807, 2.05) is 13.0 Å². The minimum Gasteiger partial charge on any atom is -0.323 e. The molecule has 0 aliphatic rings. The van der Waals surface area contributed by atoms with Crippen molar-refractivity contribution in [1.82, 2.24) is 9.78 Å². The number of carbonyl (C=O) groups excluding carboxylic acids is 1. The van der Waals surface area contributed by atoms with Gasteiger partial charge in [0, 0.05) is 24.0 Å². The number of nitro groups is 1. The summed E-state index contributed by atoms with van der Waals surface area (Å²) >= 11 is 0. The lowest BCUT2D eigenvalue weighted by atomic mass is 10.1. The van der Waals surface area contributed by atoms with E-state index >= 15 is 0 Å². The number of benzene rings is 1. The van der Waals surface area contributed by atoms with Crippen LogP contribution in [0.4, 0.5) is 11.4 Å². The molecule has 0 spiro atoms. The highest BCUT2D eigenvalue weighted by Crippen LogP contribution is 2.22. The highest BCUT2D eigenvalue weighted by molar-refractivity contribution is 5.94. The summed E-state index contributed by atoms with van der Waals surface area (Å²) in [5, 5.41) is 26.4. The summed E-state index contributed by atoms with van der Waals surface area (Å²) in [4.78, 5) is 22.3. The molecule has 0 aliphatic carbocycles. The number of aryl methyl sites for hydroxylation is 1. The Balaban J connectivity index is 2.24. The second kappa shape index (κ2) is 6.05. The van der Waals surface area contributed by atoms with Crippen LogP contribution in [0.1, 0.15) is 24.2 Å². The number of nitriles is 1. The van der Waals surface area contributed by atoms with Gasteiger partial charge in [0.05, 0.1) is 16.2 Å². The van der Waals surface area contributed by atoms with Crippen LogP contribution in [0.25, 0.3) is 0 Å². The average Bonchev–Trinajstić information content (AvgIpc) is 2.92. The quantitative estimate of drug-likeness (QED) is 0.686. The molecule has 1 atom stereocenters. The minimum atomic E-state index is -0.595. The van der Waals surface area contributed by atoms with Crippen LogP contribution in [-0.2, 0) is 4.79 Å². The number of anilines is 1. The van der Waals surface area contributed by atoms with Gasteiger partial charge in [-0.3, -0.25) is 19.6 Å². The highest BCUT2D eigenvalue weighted by atomic mass is 16.6. The van der Waals surface area contributed by atoms with Crippen molar-refractivity contribution in [3.05, 3.63) is 51.8 Å². The Bertz CT molecular complexity index is 775. The third-order valence-corrected chi connectivity index (χ3v) is 3.21. The molecule has 1 aromatic carbocycles. The number of nitrogens with one attached hydrogen (secondary N) is 1. The molecule has 1 aromatic heterocycles. The predicted molar refractivity (Wildman–Crippen MR) is 78.1 cm³/mol. The van der Waals surface area contributed by atoms with Crippen LogP contribution >= 0.6 is 0 Å². The Hall–Kier alpha value is -3.21. The zero-order valence-electron chi connectivity index (χ0n) is 12.0. The first-order valence-corrected chi connectivity index (χ1v) is 6.43. The normalized spacial score (nSPS) is 11.5. The molecule has 2 aromatic rings. The van der Waals surface area contributed by atoms with Gasteiger partial charge in [0.25, 0.3) is 5.69 Å². The molecule has 0 radical (unpaired) electrons. The molecule has 22 heavy (non-hydrogen) atoms. The van der Waals surface area contributed by atoms with Gasteiger partial charge in [-0.25, -0.2) is 0 Å². The molecular formula is C14H13N5O3. The van der Waals surface area contributed by atoms with E-state index in [0.29, 0.717) is 0 Å². The molecule has 0 aliphatic heterocycles. The van der Waals surface area contributed by atoms with E-state index in [1.165, 1.54) is 12.1 Å². The molecule has 2 rings (SSSR count). The van der Waals surface area contributed by atoms with Crippen LogP contribution in [0, 0.1) is 28.4 Å². The van der Waals surface area contributed by atoms with Gasteiger partial charge >= 0.3 is 0 Å². The van der Waals surface area contributed by atoms with Gasteiger partial charge in [0.15, 0.2) is 0 Å². The summed E-state index contributed by atoms with van der Waals surface area (Å²) in [7, 11) is 0. The van der Waals surface area contributed by atoms with Crippen LogP contribution in [-0.4, -0.2) is 20.6 Å². The minimum absolute atomic E-state index is 0.0342. The van der Waals surface area contributed by atoms with Gasteiger partial charge in [-0.05, 0) is 26.0 Å². The molecule has 0 fully saturated rings. The lowest BCUT2D eigenvalue weighted by Gasteiger charge is -2.15. The smallest absolute Gasteiger partial charge is 0.270 e. The molecule has 8 nitrogen and oxygen atoms in total. The van der Waals surface area contributed by atoms with E-state index in [2.05, 4.69) is 10.4 Å². The fourth-order valence-corrected chi connectivity index (χ4v) is 1.98. The first-order valence-electron chi connectivity index (χ1n) is 6.43. The third-order valence-electron chi connectivity index (χ3n) is 3.21. The van der Waals surface area contributed by atoms with E-state index in [1.54, 1.807) is 23.9 Å². The average molecular weight is 299 g/mol. The number of nitrogens with zero attached hydrogens (tertiary/aromatic N) is 4. The second-order valence-electron chi connectivity index (χ2n) is 4.68. The molecular weight excluding hydrogens is 286 g/mol. The van der Waals surface area contributed by atoms with Crippen molar-refractivity contribution in [1.29, 1.82) is 5.26 Å². The number of amides is 1. The largest absolute Gasteiger partial charge is 0.323 e. The van der Waals surface area contributed by atoms with Crippen molar-refractivity contribution >= 4 is 17.3 Å². The van der Waals surface area contributed by atoms with E-state index in [-0.39, 0.29) is 22.8 Å². The molecule has 1 amide bonds. The first-order chi connectivity index (χ1) is 10.4. The molecule has 1 unspecified atom stereocenters. The summed E-state index contributed by atoms with van der Waals surface area (Å²) in [6.45, 7) is 3.50. The van der Waals surface area contributed by atoms with Crippen LogP contribution < -0.4 is 5.32 Å². The maximum absolute atomic E-state index is 12.2. The zero-order valence-corrected chi connectivity index (χ0v) is 12.0. The maximum Gasteiger partial charge on any atom is 0.270 e. The molecule has 112 valence electrons. The predicted octanol–water partition coefficient (Wildman–Crippen LogP) is 2.17. The summed E-state index contributed by atoms with van der Waals surface area (Å²) < 4.78 is 1.55. The lowest BCUT2D eigenvalue weighted by molar-refractivity contribution is -0.384. The highest BCUT2D eigenvalue weighted by Gasteiger charge is 2.19. The van der Waals surface area contributed by atoms with Crippen molar-refractivity contribution in [2.24, 2.45) is 0 Å². The molecule has 0 saturated heterocycles. The van der Waals surface area contributed by atoms with E-state index < -0.39 is 11.0 Å². The second-order valence-corrected chi connectivity index (χ2v) is 4.68. The fraction of sp³-hybridized carbons (Fsp3) is 0.214. The zero-order chi connectivity index (χ0) is 16.3. The Morgan fingerprint density at radius 3 is 2.77 bits per heavy atom. The topological polar surface area (TPSA) is 114 Å². The fourth-order valence-electron chi connectivity index (χ4n) is 1.98. The van der Waals surface area contributed by atoms with Crippen LogP contribution in [0.2, 0.25) is 0 Å². The number of hydrogen-bond acceptors (Lipinski definition) is 5. The Morgan fingerprint density at radius 1 is 1.50 bits per heavy atom. The Kier molecular flexibility index (Phi) is 4.18. The first kappa shape index (κ1) is 15.2. The van der Waals surface area contributed by atoms with Crippen molar-refractivity contribution in [2.75, 3.05) is 5.32 Å². The van der Waals surface area contributed by atoms with Crippen molar-refractivity contribution in [3.8, 4) is 6.07 Å². The Labute approximate surface area is 126 Å². The summed E-state index contributed by atoms with van der Waals surface area (Å²) in [6, 6.07) is 6.75. The van der Waals surface area contributed by atoms with Gasteiger partial charge in [-0.1, -0.05) is 0 Å². The standard InChI is InChI=1S/C14H13N5O3/c1-9-5-6-16-18(9)10(2)14(20)17-13-4-3-12(19(21)22)7-11(13)8-15/h3-7,10H,1-2H3,(H,17,20). The molecule has 8 heteroatoms. The number of carbonyl (C=O) groups is 1. The van der Waals surface area contributed by atoms with Crippen molar-refractivity contribution in [3.63, 3.8) is 0 Å². The van der Waals surface area contributed by atoms with Crippen molar-refractivity contribution < 1.29 is 9.72 Å². The maximum atomic E-state index is 12.2. The molecule has 1 N–H and O–H groups in total. The summed E-state index contributed by atoms with van der Waals surface area (Å²) in [5.41, 5.74) is 0.888. The number of nitro benzene ring substituents is 1. The van der Waals surface area contributed by atoms with E-state index in [4.69, 9.17) is 5.26 Å². The van der Waals surface area contributed by atoms with Crippen LogP contribution in [0.15, 0.2) is 30.5 Å². The van der Waals surface area contributed by atoms with Gasteiger partial charge in [0.1, 0.15) is 12.1 Å². The SMILES string of the molecule is Cc1ccnn1C(C)C(=O)Nc1ccc([N+](=O)[O-])cc1C#N. The number of rotatable bonds is 4. The van der Waals surface area contributed by atoms with Gasteiger partial charge in [-0.15, -0.1) is 0 Å². The number of aromatic nitrogens is 2. The monoisotopic (exact) mass is 299 g/mol. The van der Waals surface area contributed by atoms with Crippen LogP contribution in [0.3, 0.4) is 0 Å². The Morgan fingerprint density at radius 2 is 2.23 bits per heavy atom. The van der Waals surface area contributed by atoms with Crippen molar-refractivity contribution in [2.45, 2.75) is 19.9 Å². The summed E-state index contributed by atoms with van der Waals surface area (Å²) in [6.07, 6.45) is 1.59. The third kappa shape index (κ3) is 2.93. The van der Waals surface area contributed by atoms with Gasteiger partial charge < -0.3 is 5.32 Å². The number of non-ortho nitro benzene ring substituents is 1. The lowest BCUT2D eigenvalue weighted by Crippen LogP contribution is -2.25. The van der Waals surface area contributed by atoms with Gasteiger partial charge in [0.2, 0.25) is 5.91 Å². The van der Waals surface area contributed by atoms with Crippen LogP contribution in [0.5, 0.6) is 0 Å². The van der Waals surface area contributed by atoms with E-state index in [9.17, 15) is 14.9 Å². The number of hydrogen-bond donors (Lipinski definition) is 1. The van der Waals surface area contributed by atoms with E-state index in [0.717, 1.165) is 11.8 Å². The summed E-state index contributed by atoms with van der Waals surface area (Å²) in [5.74, 6) is -0.364. The molecule has 0 saturated carbocycles. The van der Waals surface area contributed by atoms with Gasteiger partial charge in [-0.2, -0.15) is 10.4 Å². The molecule has 1 heterocycles.